The highest BCUT2D eigenvalue weighted by Crippen LogP contribution is 2.36. The molecule has 0 amide bonds. The third-order valence-electron chi connectivity index (χ3n) is 2.92. The van der Waals surface area contributed by atoms with Crippen LogP contribution in [-0.4, -0.2) is 17.0 Å². The van der Waals surface area contributed by atoms with E-state index in [2.05, 4.69) is 15.3 Å². The monoisotopic (exact) mass is 301 g/mol. The van der Waals surface area contributed by atoms with Crippen LogP contribution < -0.4 is 5.32 Å². The van der Waals surface area contributed by atoms with Gasteiger partial charge in [-0.2, -0.15) is 13.2 Å². The average Bonchev–Trinajstić information content (AvgIpc) is 2.82. The molecule has 7 heteroatoms. The lowest BCUT2D eigenvalue weighted by Gasteiger charge is -2.16. The predicted octanol–water partition coefficient (Wildman–Crippen LogP) is 3.48. The van der Waals surface area contributed by atoms with E-state index in [-0.39, 0.29) is 6.04 Å². The van der Waals surface area contributed by atoms with Gasteiger partial charge in [0.2, 0.25) is 0 Å². The van der Waals surface area contributed by atoms with Gasteiger partial charge in [0.05, 0.1) is 6.04 Å². The van der Waals surface area contributed by atoms with Crippen LogP contribution in [0.2, 0.25) is 0 Å². The van der Waals surface area contributed by atoms with E-state index in [1.165, 1.54) is 6.20 Å². The number of hydrogen-bond donors (Lipinski definition) is 1. The van der Waals surface area contributed by atoms with Crippen LogP contribution in [-0.2, 0) is 6.18 Å². The molecule has 1 atom stereocenters. The van der Waals surface area contributed by atoms with Gasteiger partial charge in [0.25, 0.3) is 0 Å². The minimum atomic E-state index is -4.40. The zero-order valence-electron chi connectivity index (χ0n) is 11.2. The Morgan fingerprint density at radius 1 is 1.25 bits per heavy atom. The van der Waals surface area contributed by atoms with E-state index < -0.39 is 11.2 Å². The predicted molar refractivity (Wildman–Crippen MR) is 71.7 cm³/mol. The van der Waals surface area contributed by atoms with Gasteiger partial charge in [0.1, 0.15) is 0 Å². The highest BCUT2D eigenvalue weighted by molar-refractivity contribution is 7.11. The Balaban J connectivity index is 2.40. The van der Waals surface area contributed by atoms with Crippen LogP contribution in [0.3, 0.4) is 0 Å². The fraction of sp³-hybridized carbons (Fsp3) is 0.385. The molecule has 1 unspecified atom stereocenters. The summed E-state index contributed by atoms with van der Waals surface area (Å²) in [6.07, 6.45) is -3.13. The molecule has 0 saturated carbocycles. The third kappa shape index (κ3) is 2.99. The summed E-state index contributed by atoms with van der Waals surface area (Å²) in [6.45, 7) is 3.72. The molecule has 0 aromatic carbocycles. The molecule has 3 nitrogen and oxygen atoms in total. The van der Waals surface area contributed by atoms with Gasteiger partial charge in [-0.05, 0) is 32.5 Å². The number of hydrogen-bond acceptors (Lipinski definition) is 4. The first-order chi connectivity index (χ1) is 9.32. The molecule has 20 heavy (non-hydrogen) atoms. The fourth-order valence-corrected chi connectivity index (χ4v) is 2.92. The molecule has 2 aromatic rings. The van der Waals surface area contributed by atoms with Gasteiger partial charge in [-0.3, -0.25) is 4.98 Å². The Morgan fingerprint density at radius 3 is 2.45 bits per heavy atom. The van der Waals surface area contributed by atoms with Gasteiger partial charge < -0.3 is 5.32 Å². The zero-order valence-corrected chi connectivity index (χ0v) is 12.1. The van der Waals surface area contributed by atoms with E-state index in [0.717, 1.165) is 17.0 Å². The standard InChI is InChI=1S/C13H14F3N3S/c1-7-4-5-9(8(2)19-7)11(17-3)10-6-18-12(20-10)13(14,15)16/h4-6,11,17H,1-3H3. The SMILES string of the molecule is CNC(c1cnc(C(F)(F)F)s1)c1ccc(C)nc1C. The van der Waals surface area contributed by atoms with Gasteiger partial charge >= 0.3 is 6.18 Å². The summed E-state index contributed by atoms with van der Waals surface area (Å²) in [5, 5.41) is 2.19. The summed E-state index contributed by atoms with van der Waals surface area (Å²) < 4.78 is 37.9. The summed E-state index contributed by atoms with van der Waals surface area (Å²) in [5.74, 6) is 0. The average molecular weight is 301 g/mol. The molecule has 0 fully saturated rings. The zero-order chi connectivity index (χ0) is 14.9. The molecule has 0 radical (unpaired) electrons. The number of rotatable bonds is 3. The van der Waals surface area contributed by atoms with Crippen molar-refractivity contribution in [3.8, 4) is 0 Å². The summed E-state index contributed by atoms with van der Waals surface area (Å²) in [4.78, 5) is 8.33. The largest absolute Gasteiger partial charge is 0.443 e. The molecule has 0 bridgehead atoms. The van der Waals surface area contributed by atoms with Crippen LogP contribution >= 0.6 is 11.3 Å². The van der Waals surface area contributed by atoms with Crippen molar-refractivity contribution in [3.63, 3.8) is 0 Å². The topological polar surface area (TPSA) is 37.8 Å². The molecular formula is C13H14F3N3S. The van der Waals surface area contributed by atoms with Crippen molar-refractivity contribution in [3.05, 3.63) is 45.2 Å². The number of nitrogens with zero attached hydrogens (tertiary/aromatic N) is 2. The number of halogens is 3. The number of alkyl halides is 3. The third-order valence-corrected chi connectivity index (χ3v) is 4.02. The Hall–Kier alpha value is -1.47. The summed E-state index contributed by atoms with van der Waals surface area (Å²) in [6, 6.07) is 3.39. The maximum Gasteiger partial charge on any atom is 0.443 e. The molecule has 0 spiro atoms. The molecular weight excluding hydrogens is 287 g/mol. The van der Waals surface area contributed by atoms with Crippen molar-refractivity contribution in [2.24, 2.45) is 0 Å². The summed E-state index contributed by atoms with van der Waals surface area (Å²) in [7, 11) is 1.71. The molecule has 0 saturated heterocycles. The van der Waals surface area contributed by atoms with Crippen LogP contribution in [0.15, 0.2) is 18.3 Å². The highest BCUT2D eigenvalue weighted by Gasteiger charge is 2.35. The molecule has 108 valence electrons. The van der Waals surface area contributed by atoms with E-state index in [0.29, 0.717) is 16.2 Å². The molecule has 0 aliphatic carbocycles. The first kappa shape index (κ1) is 14.9. The number of nitrogens with one attached hydrogen (secondary N) is 1. The number of aromatic nitrogens is 2. The Morgan fingerprint density at radius 2 is 1.95 bits per heavy atom. The molecule has 2 heterocycles. The normalized spacial score (nSPS) is 13.5. The lowest BCUT2D eigenvalue weighted by atomic mass is 10.0. The molecule has 0 aliphatic heterocycles. The van der Waals surface area contributed by atoms with E-state index in [4.69, 9.17) is 0 Å². The molecule has 0 aliphatic rings. The lowest BCUT2D eigenvalue weighted by Crippen LogP contribution is -2.18. The minimum Gasteiger partial charge on any atom is -0.309 e. The van der Waals surface area contributed by atoms with E-state index in [1.54, 1.807) is 7.05 Å². The van der Waals surface area contributed by atoms with E-state index >= 15 is 0 Å². The second kappa shape index (κ2) is 5.49. The van der Waals surface area contributed by atoms with Crippen molar-refractivity contribution in [1.29, 1.82) is 0 Å². The Kier molecular flexibility index (Phi) is 4.10. The first-order valence-electron chi connectivity index (χ1n) is 5.97. The van der Waals surface area contributed by atoms with Crippen LogP contribution in [0.1, 0.15) is 32.9 Å². The Labute approximate surface area is 118 Å². The number of thiazole rings is 1. The fourth-order valence-electron chi connectivity index (χ4n) is 2.00. The smallest absolute Gasteiger partial charge is 0.309 e. The van der Waals surface area contributed by atoms with E-state index in [1.807, 2.05) is 26.0 Å². The van der Waals surface area contributed by atoms with Crippen molar-refractivity contribution < 1.29 is 13.2 Å². The summed E-state index contributed by atoms with van der Waals surface area (Å²) >= 11 is 0.654. The lowest BCUT2D eigenvalue weighted by molar-refractivity contribution is -0.137. The first-order valence-corrected chi connectivity index (χ1v) is 6.79. The van der Waals surface area contributed by atoms with Gasteiger partial charge in [0.15, 0.2) is 5.01 Å². The maximum absolute atomic E-state index is 12.6. The maximum atomic E-state index is 12.6. The van der Waals surface area contributed by atoms with Crippen molar-refractivity contribution in [2.75, 3.05) is 7.05 Å². The minimum absolute atomic E-state index is 0.336. The van der Waals surface area contributed by atoms with Gasteiger partial charge in [-0.15, -0.1) is 11.3 Å². The van der Waals surface area contributed by atoms with Gasteiger partial charge in [0, 0.05) is 22.5 Å². The van der Waals surface area contributed by atoms with Crippen LogP contribution in [0.4, 0.5) is 13.2 Å². The van der Waals surface area contributed by atoms with Crippen molar-refractivity contribution >= 4 is 11.3 Å². The molecule has 2 aromatic heterocycles. The van der Waals surface area contributed by atoms with Crippen LogP contribution in [0.25, 0.3) is 0 Å². The highest BCUT2D eigenvalue weighted by atomic mass is 32.1. The van der Waals surface area contributed by atoms with Crippen molar-refractivity contribution in [2.45, 2.75) is 26.1 Å². The second-order valence-corrected chi connectivity index (χ2v) is 5.48. The molecule has 2 rings (SSSR count). The van der Waals surface area contributed by atoms with E-state index in [9.17, 15) is 13.2 Å². The van der Waals surface area contributed by atoms with Gasteiger partial charge in [-0.1, -0.05) is 6.07 Å². The Bertz CT molecular complexity index is 607. The number of aryl methyl sites for hydroxylation is 2. The number of pyridine rings is 1. The summed E-state index contributed by atoms with van der Waals surface area (Å²) in [5.41, 5.74) is 2.53. The second-order valence-electron chi connectivity index (χ2n) is 4.41. The molecule has 1 N–H and O–H groups in total. The quantitative estimate of drug-likeness (QED) is 0.943. The van der Waals surface area contributed by atoms with Crippen molar-refractivity contribution in [1.82, 2.24) is 15.3 Å². The van der Waals surface area contributed by atoms with Crippen LogP contribution in [0, 0.1) is 13.8 Å². The van der Waals surface area contributed by atoms with Gasteiger partial charge in [-0.25, -0.2) is 4.98 Å². The van der Waals surface area contributed by atoms with Crippen LogP contribution in [0.5, 0.6) is 0 Å².